The fourth-order valence-electron chi connectivity index (χ4n) is 4.53. The monoisotopic (exact) mass is 624 g/mol. The molecule has 45 heavy (non-hydrogen) atoms. The third kappa shape index (κ3) is 10.9. The molecule has 13 nitrogen and oxygen atoms in total. The van der Waals surface area contributed by atoms with Gasteiger partial charge in [-0.15, -0.1) is 0 Å². The molecule has 13 heteroatoms. The average molecular weight is 625 g/mol. The fraction of sp³-hybridized carbons (Fsp3) is 0.438. The summed E-state index contributed by atoms with van der Waals surface area (Å²) in [5.74, 6) is -2.83. The van der Waals surface area contributed by atoms with Gasteiger partial charge < -0.3 is 35.6 Å². The van der Waals surface area contributed by atoms with Gasteiger partial charge in [0.15, 0.2) is 11.6 Å². The summed E-state index contributed by atoms with van der Waals surface area (Å²) in [6.45, 7) is 10.3. The molecule has 0 radical (unpaired) electrons. The van der Waals surface area contributed by atoms with Crippen LogP contribution in [0, 0.1) is 0 Å². The number of hydrogen-bond acceptors (Lipinski definition) is 10. The van der Waals surface area contributed by atoms with Gasteiger partial charge in [0.05, 0.1) is 29.8 Å². The van der Waals surface area contributed by atoms with Crippen LogP contribution in [0.5, 0.6) is 5.75 Å². The number of nitrogens with two attached hydrogens (primary N) is 2. The molecule has 0 fully saturated rings. The molecule has 5 N–H and O–H groups in total. The molecule has 0 atom stereocenters. The lowest BCUT2D eigenvalue weighted by Gasteiger charge is -2.29. The van der Waals surface area contributed by atoms with Gasteiger partial charge >= 0.3 is 23.9 Å². The standard InChI is InChI=1S/C32H40N4O9/c1-30(2,3)43-26(39)17-32(18-27(40)44-31(4,5)6)16-24(36-45-32)23-15-22(13-9-19(23)10-14-25(37)38)42-28(41)20-7-11-21(12-8-20)35-29(33)34/h7-9,11-13,15H,10,14,16-18H2,1-6H3,(H,37,38)(H4,33,34,35). The zero-order valence-corrected chi connectivity index (χ0v) is 26.3. The van der Waals surface area contributed by atoms with E-state index in [0.29, 0.717) is 22.5 Å². The molecule has 0 unspecified atom stereocenters. The van der Waals surface area contributed by atoms with Crippen molar-refractivity contribution in [3.63, 3.8) is 0 Å². The number of aryl methyl sites for hydroxylation is 1. The van der Waals surface area contributed by atoms with Crippen LogP contribution in [0.15, 0.2) is 52.6 Å². The number of benzene rings is 2. The Bertz CT molecular complexity index is 1470. The number of carbonyl (C=O) groups excluding carboxylic acids is 3. The molecular weight excluding hydrogens is 584 g/mol. The molecule has 0 aromatic heterocycles. The predicted molar refractivity (Wildman–Crippen MR) is 165 cm³/mol. The van der Waals surface area contributed by atoms with Crippen LogP contribution in [-0.4, -0.2) is 57.5 Å². The van der Waals surface area contributed by atoms with E-state index in [1.54, 1.807) is 65.8 Å². The van der Waals surface area contributed by atoms with Crippen LogP contribution in [0.4, 0.5) is 5.69 Å². The second-order valence-electron chi connectivity index (χ2n) is 12.7. The maximum Gasteiger partial charge on any atom is 0.343 e. The Labute approximate surface area is 261 Å². The number of ether oxygens (including phenoxy) is 3. The molecule has 1 heterocycles. The Kier molecular flexibility index (Phi) is 10.6. The summed E-state index contributed by atoms with van der Waals surface area (Å²) in [5, 5.41) is 13.6. The van der Waals surface area contributed by atoms with E-state index in [-0.39, 0.29) is 49.4 Å². The molecule has 2 aromatic carbocycles. The Balaban J connectivity index is 1.92. The summed E-state index contributed by atoms with van der Waals surface area (Å²) >= 11 is 0. The highest BCUT2D eigenvalue weighted by Gasteiger charge is 2.46. The maximum absolute atomic E-state index is 12.9. The number of carboxylic acid groups (broad SMARTS) is 1. The zero-order chi connectivity index (χ0) is 33.6. The molecule has 0 bridgehead atoms. The van der Waals surface area contributed by atoms with Crippen LogP contribution in [0.3, 0.4) is 0 Å². The Hall–Kier alpha value is -4.94. The number of carbonyl (C=O) groups is 4. The summed E-state index contributed by atoms with van der Waals surface area (Å²) in [6, 6.07) is 10.8. The lowest BCUT2D eigenvalue weighted by molar-refractivity contribution is -0.169. The van der Waals surface area contributed by atoms with Gasteiger partial charge in [-0.05, 0) is 89.9 Å². The maximum atomic E-state index is 12.9. The second kappa shape index (κ2) is 13.8. The van der Waals surface area contributed by atoms with Gasteiger partial charge in [-0.3, -0.25) is 14.4 Å². The minimum Gasteiger partial charge on any atom is -0.481 e. The lowest BCUT2D eigenvalue weighted by Crippen LogP contribution is -2.39. The number of guanidine groups is 1. The van der Waals surface area contributed by atoms with Gasteiger partial charge in [0.25, 0.3) is 0 Å². The van der Waals surface area contributed by atoms with Crippen molar-refractivity contribution in [2.75, 3.05) is 0 Å². The summed E-state index contributed by atoms with van der Waals surface area (Å²) < 4.78 is 16.6. The largest absolute Gasteiger partial charge is 0.481 e. The second-order valence-corrected chi connectivity index (χ2v) is 12.7. The number of carboxylic acids is 1. The molecule has 0 saturated carbocycles. The number of esters is 3. The molecule has 1 aliphatic rings. The SMILES string of the molecule is CC(C)(C)OC(=O)CC1(CC(=O)OC(C)(C)C)CC(c2cc(OC(=O)c3ccc(N=C(N)N)cc3)ccc2CCC(=O)O)=NO1. The molecule has 3 rings (SSSR count). The van der Waals surface area contributed by atoms with Crippen molar-refractivity contribution in [2.24, 2.45) is 21.6 Å². The molecule has 1 aliphatic heterocycles. The van der Waals surface area contributed by atoms with Crippen LogP contribution >= 0.6 is 0 Å². The highest BCUT2D eigenvalue weighted by atomic mass is 16.7. The number of aliphatic carboxylic acids is 1. The first-order valence-corrected chi connectivity index (χ1v) is 14.3. The first-order valence-electron chi connectivity index (χ1n) is 14.3. The van der Waals surface area contributed by atoms with Crippen LogP contribution in [0.1, 0.15) is 88.7 Å². The van der Waals surface area contributed by atoms with Gasteiger partial charge in [0.2, 0.25) is 0 Å². The van der Waals surface area contributed by atoms with E-state index in [1.165, 1.54) is 18.2 Å². The zero-order valence-electron chi connectivity index (χ0n) is 26.3. The van der Waals surface area contributed by atoms with Crippen LogP contribution in [0.25, 0.3) is 0 Å². The van der Waals surface area contributed by atoms with Crippen molar-refractivity contribution < 1.29 is 43.3 Å². The molecule has 242 valence electrons. The third-order valence-electron chi connectivity index (χ3n) is 6.18. The molecule has 0 amide bonds. The van der Waals surface area contributed by atoms with Crippen LogP contribution in [-0.2, 0) is 35.1 Å². The van der Waals surface area contributed by atoms with Crippen molar-refractivity contribution >= 4 is 41.2 Å². The van der Waals surface area contributed by atoms with Crippen molar-refractivity contribution in [3.8, 4) is 5.75 Å². The third-order valence-corrected chi connectivity index (χ3v) is 6.18. The van der Waals surface area contributed by atoms with E-state index in [9.17, 15) is 24.3 Å². The van der Waals surface area contributed by atoms with E-state index < -0.39 is 40.7 Å². The number of nitrogens with zero attached hydrogens (tertiary/aromatic N) is 2. The molecular formula is C32H40N4O9. The van der Waals surface area contributed by atoms with E-state index in [0.717, 1.165) is 0 Å². The highest BCUT2D eigenvalue weighted by molar-refractivity contribution is 6.04. The number of hydrogen-bond donors (Lipinski definition) is 3. The van der Waals surface area contributed by atoms with Gasteiger partial charge in [-0.1, -0.05) is 11.2 Å². The molecule has 2 aromatic rings. The predicted octanol–water partition coefficient (Wildman–Crippen LogP) is 4.15. The summed E-state index contributed by atoms with van der Waals surface area (Å²) in [5.41, 5.74) is 9.86. The Morgan fingerprint density at radius 1 is 0.933 bits per heavy atom. The van der Waals surface area contributed by atoms with Crippen molar-refractivity contribution in [1.29, 1.82) is 0 Å². The number of oxime groups is 1. The number of rotatable bonds is 11. The van der Waals surface area contributed by atoms with E-state index in [2.05, 4.69) is 10.1 Å². The molecule has 0 saturated heterocycles. The fourth-order valence-corrected chi connectivity index (χ4v) is 4.53. The first kappa shape index (κ1) is 34.5. The normalized spacial score (nSPS) is 14.0. The van der Waals surface area contributed by atoms with Crippen molar-refractivity contribution in [2.45, 2.75) is 90.4 Å². The van der Waals surface area contributed by atoms with Crippen molar-refractivity contribution in [1.82, 2.24) is 0 Å². The van der Waals surface area contributed by atoms with Gasteiger partial charge in [0, 0.05) is 18.4 Å². The Morgan fingerprint density at radius 2 is 1.51 bits per heavy atom. The van der Waals surface area contributed by atoms with E-state index >= 15 is 0 Å². The van der Waals surface area contributed by atoms with E-state index in [1.807, 2.05) is 0 Å². The topological polar surface area (TPSA) is 202 Å². The highest BCUT2D eigenvalue weighted by Crippen LogP contribution is 2.37. The summed E-state index contributed by atoms with van der Waals surface area (Å²) in [4.78, 5) is 59.9. The van der Waals surface area contributed by atoms with Gasteiger partial charge in [-0.2, -0.15) is 0 Å². The van der Waals surface area contributed by atoms with Gasteiger partial charge in [0.1, 0.15) is 17.0 Å². The summed E-state index contributed by atoms with van der Waals surface area (Å²) in [6.07, 6.45) is -0.648. The Morgan fingerprint density at radius 3 is 2.02 bits per heavy atom. The minimum absolute atomic E-state index is 0.00475. The quantitative estimate of drug-likeness (QED) is 0.140. The molecule has 0 spiro atoms. The number of aliphatic imine (C=N–C) groups is 1. The van der Waals surface area contributed by atoms with Crippen LogP contribution in [0.2, 0.25) is 0 Å². The smallest absolute Gasteiger partial charge is 0.343 e. The van der Waals surface area contributed by atoms with E-state index in [4.69, 9.17) is 30.5 Å². The molecule has 0 aliphatic carbocycles. The average Bonchev–Trinajstić information content (AvgIpc) is 3.28. The van der Waals surface area contributed by atoms with Crippen LogP contribution < -0.4 is 16.2 Å². The first-order chi connectivity index (χ1) is 20.8. The van der Waals surface area contributed by atoms with Gasteiger partial charge in [-0.25, -0.2) is 9.79 Å². The summed E-state index contributed by atoms with van der Waals surface area (Å²) in [7, 11) is 0. The minimum atomic E-state index is -1.42. The lowest BCUT2D eigenvalue weighted by atomic mass is 9.86. The van der Waals surface area contributed by atoms with Crippen molar-refractivity contribution in [3.05, 3.63) is 59.2 Å².